The lowest BCUT2D eigenvalue weighted by Gasteiger charge is -1.85. The van der Waals surface area contributed by atoms with Gasteiger partial charge in [0.25, 0.3) is 0 Å². The summed E-state index contributed by atoms with van der Waals surface area (Å²) in [6.07, 6.45) is 0. The molecule has 0 saturated heterocycles. The van der Waals surface area contributed by atoms with Crippen LogP contribution in [0.5, 0.6) is 0 Å². The van der Waals surface area contributed by atoms with Crippen molar-refractivity contribution in [1.29, 1.82) is 0 Å². The van der Waals surface area contributed by atoms with E-state index in [1.807, 2.05) is 0 Å². The predicted octanol–water partition coefficient (Wildman–Crippen LogP) is 3.06. The van der Waals surface area contributed by atoms with Crippen LogP contribution in [0.2, 0.25) is 4.47 Å². The molecule has 0 saturated carbocycles. The van der Waals surface area contributed by atoms with Crippen molar-refractivity contribution >= 4 is 34.3 Å². The monoisotopic (exact) mass is 220 g/mol. The molecule has 0 N–H and O–H groups in total. The van der Waals surface area contributed by atoms with E-state index in [0.29, 0.717) is 14.4 Å². The first-order valence-corrected chi connectivity index (χ1v) is 5.07. The van der Waals surface area contributed by atoms with Crippen LogP contribution in [0.3, 0.4) is 0 Å². The van der Waals surface area contributed by atoms with Gasteiger partial charge < -0.3 is 0 Å². The van der Waals surface area contributed by atoms with Gasteiger partial charge in [0.1, 0.15) is 10.7 Å². The Kier molecular flexibility index (Phi) is 2.08. The fourth-order valence-electron chi connectivity index (χ4n) is 0.743. The Morgan fingerprint density at radius 2 is 2.25 bits per heavy atom. The maximum Gasteiger partial charge on any atom is 0.207 e. The van der Waals surface area contributed by atoms with Crippen molar-refractivity contribution in [2.75, 3.05) is 0 Å². The number of aromatic nitrogens is 2. The summed E-state index contributed by atoms with van der Waals surface area (Å²) < 4.78 is 13.3. The highest BCUT2D eigenvalue weighted by Crippen LogP contribution is 2.31. The van der Waals surface area contributed by atoms with E-state index in [1.54, 1.807) is 5.38 Å². The summed E-state index contributed by atoms with van der Waals surface area (Å²) in [5, 5.41) is 9.52. The van der Waals surface area contributed by atoms with E-state index < -0.39 is 0 Å². The van der Waals surface area contributed by atoms with Crippen LogP contribution < -0.4 is 0 Å². The first kappa shape index (κ1) is 8.10. The van der Waals surface area contributed by atoms with E-state index in [1.165, 1.54) is 28.7 Å². The summed E-state index contributed by atoms with van der Waals surface area (Å²) in [5.41, 5.74) is 0. The first-order valence-electron chi connectivity index (χ1n) is 3.00. The molecule has 0 bridgehead atoms. The number of halogens is 2. The Morgan fingerprint density at radius 3 is 2.75 bits per heavy atom. The van der Waals surface area contributed by atoms with E-state index in [-0.39, 0.29) is 5.82 Å². The first-order chi connectivity index (χ1) is 5.77. The molecule has 0 aliphatic heterocycles. The van der Waals surface area contributed by atoms with Crippen LogP contribution in [0.25, 0.3) is 9.88 Å². The van der Waals surface area contributed by atoms with Gasteiger partial charge in [-0.25, -0.2) is 4.39 Å². The lowest BCUT2D eigenvalue weighted by molar-refractivity contribution is 0.636. The van der Waals surface area contributed by atoms with E-state index in [0.717, 1.165) is 0 Å². The van der Waals surface area contributed by atoms with Gasteiger partial charge in [-0.3, -0.25) is 0 Å². The molecule has 0 unspecified atom stereocenters. The van der Waals surface area contributed by atoms with E-state index in [4.69, 9.17) is 11.6 Å². The second-order valence-corrected chi connectivity index (χ2v) is 4.43. The van der Waals surface area contributed by atoms with Crippen molar-refractivity contribution in [3.8, 4) is 9.88 Å². The molecule has 0 atom stereocenters. The highest BCUT2D eigenvalue weighted by molar-refractivity contribution is 7.22. The molecule has 2 aromatic rings. The van der Waals surface area contributed by atoms with Crippen LogP contribution in [-0.4, -0.2) is 10.2 Å². The number of hydrogen-bond acceptors (Lipinski definition) is 4. The van der Waals surface area contributed by atoms with Crippen LogP contribution in [0.1, 0.15) is 0 Å². The number of rotatable bonds is 1. The molecule has 62 valence electrons. The average molecular weight is 221 g/mol. The molecule has 0 spiro atoms. The predicted molar refractivity (Wildman–Crippen MR) is 48.2 cm³/mol. The summed E-state index contributed by atoms with van der Waals surface area (Å²) in [7, 11) is 0. The van der Waals surface area contributed by atoms with Crippen molar-refractivity contribution in [1.82, 2.24) is 10.2 Å². The minimum absolute atomic E-state index is 0.271. The van der Waals surface area contributed by atoms with Gasteiger partial charge in [-0.15, -0.1) is 21.5 Å². The highest BCUT2D eigenvalue weighted by Gasteiger charge is 2.10. The summed E-state index contributed by atoms with van der Waals surface area (Å²) in [5.74, 6) is -0.271. The molecule has 0 aliphatic rings. The van der Waals surface area contributed by atoms with E-state index in [9.17, 15) is 4.39 Å². The summed E-state index contributed by atoms with van der Waals surface area (Å²) in [6.45, 7) is 0. The zero-order chi connectivity index (χ0) is 8.55. The molecule has 0 fully saturated rings. The molecule has 2 rings (SSSR count). The molecule has 2 nitrogen and oxygen atoms in total. The minimum atomic E-state index is -0.271. The Hall–Kier alpha value is -0.520. The smallest absolute Gasteiger partial charge is 0.205 e. The van der Waals surface area contributed by atoms with E-state index >= 15 is 0 Å². The van der Waals surface area contributed by atoms with Crippen molar-refractivity contribution in [2.45, 2.75) is 0 Å². The van der Waals surface area contributed by atoms with Gasteiger partial charge in [-0.05, 0) is 23.0 Å². The van der Waals surface area contributed by atoms with Crippen LogP contribution in [0.4, 0.5) is 4.39 Å². The fraction of sp³-hybridized carbons (Fsp3) is 0. The Morgan fingerprint density at radius 1 is 1.42 bits per heavy atom. The largest absolute Gasteiger partial charge is 0.207 e. The maximum atomic E-state index is 13.0. The third kappa shape index (κ3) is 1.35. The molecule has 0 aliphatic carbocycles. The molecule has 12 heavy (non-hydrogen) atoms. The van der Waals surface area contributed by atoms with Crippen LogP contribution in [0, 0.1) is 5.82 Å². The third-order valence-corrected chi connectivity index (χ3v) is 3.27. The summed E-state index contributed by atoms with van der Waals surface area (Å²) in [4.78, 5) is 0.499. The quantitative estimate of drug-likeness (QED) is 0.738. The van der Waals surface area contributed by atoms with Crippen LogP contribution >= 0.6 is 34.3 Å². The zero-order valence-electron chi connectivity index (χ0n) is 5.62. The molecule has 0 amide bonds. The minimum Gasteiger partial charge on any atom is -0.205 e. The molecule has 0 radical (unpaired) electrons. The maximum absolute atomic E-state index is 13.0. The van der Waals surface area contributed by atoms with Gasteiger partial charge in [0.15, 0.2) is 5.01 Å². The van der Waals surface area contributed by atoms with Gasteiger partial charge in [-0.1, -0.05) is 11.3 Å². The van der Waals surface area contributed by atoms with Gasteiger partial charge in [0, 0.05) is 0 Å². The van der Waals surface area contributed by atoms with Crippen molar-refractivity contribution in [3.05, 3.63) is 21.7 Å². The number of hydrogen-bond donors (Lipinski definition) is 0. The van der Waals surface area contributed by atoms with E-state index in [2.05, 4.69) is 10.2 Å². The molecule has 2 aromatic heterocycles. The Bertz CT molecular complexity index is 398. The van der Waals surface area contributed by atoms with Gasteiger partial charge in [0.05, 0.1) is 0 Å². The molecular formula is C6H2ClFN2S2. The average Bonchev–Trinajstić information content (AvgIpc) is 2.58. The van der Waals surface area contributed by atoms with Crippen molar-refractivity contribution in [2.24, 2.45) is 0 Å². The van der Waals surface area contributed by atoms with Gasteiger partial charge in [0.2, 0.25) is 4.47 Å². The van der Waals surface area contributed by atoms with Crippen molar-refractivity contribution in [3.63, 3.8) is 0 Å². The Labute approximate surface area is 80.6 Å². The SMILES string of the molecule is Fc1ccsc1-c1nnc(Cl)s1. The zero-order valence-corrected chi connectivity index (χ0v) is 8.01. The topological polar surface area (TPSA) is 25.8 Å². The standard InChI is InChI=1S/C6H2ClFN2S2/c7-6-10-9-5(12-6)4-3(8)1-2-11-4/h1-2H. The molecule has 0 aromatic carbocycles. The lowest BCUT2D eigenvalue weighted by Crippen LogP contribution is -1.74. The molecule has 2 heterocycles. The van der Waals surface area contributed by atoms with Gasteiger partial charge in [-0.2, -0.15) is 0 Å². The Balaban J connectivity index is 2.50. The molecular weight excluding hydrogens is 219 g/mol. The lowest BCUT2D eigenvalue weighted by atomic mass is 10.5. The number of thiophene rings is 1. The second kappa shape index (κ2) is 3.08. The van der Waals surface area contributed by atoms with Crippen LogP contribution in [0.15, 0.2) is 11.4 Å². The summed E-state index contributed by atoms with van der Waals surface area (Å²) >= 11 is 8.02. The summed E-state index contributed by atoms with van der Waals surface area (Å²) in [6, 6.07) is 1.40. The third-order valence-electron chi connectivity index (χ3n) is 1.21. The van der Waals surface area contributed by atoms with Gasteiger partial charge >= 0.3 is 0 Å². The normalized spacial score (nSPS) is 10.5. The van der Waals surface area contributed by atoms with Crippen LogP contribution in [-0.2, 0) is 0 Å². The highest BCUT2D eigenvalue weighted by atomic mass is 35.5. The number of nitrogens with zero attached hydrogens (tertiary/aromatic N) is 2. The van der Waals surface area contributed by atoms with Crippen molar-refractivity contribution < 1.29 is 4.39 Å². The molecule has 6 heteroatoms. The second-order valence-electron chi connectivity index (χ2n) is 1.96. The fourth-order valence-corrected chi connectivity index (χ4v) is 2.43.